The summed E-state index contributed by atoms with van der Waals surface area (Å²) in [6, 6.07) is 3.60. The smallest absolute Gasteiger partial charge is 0.231 e. The van der Waals surface area contributed by atoms with E-state index >= 15 is 0 Å². The molecule has 1 aromatic carbocycles. The molecule has 0 fully saturated rings. The lowest BCUT2D eigenvalue weighted by molar-refractivity contribution is 0.173. The Morgan fingerprint density at radius 1 is 1.05 bits per heavy atom. The van der Waals surface area contributed by atoms with Crippen molar-refractivity contribution < 1.29 is 9.47 Å². The molecule has 0 radical (unpaired) electrons. The van der Waals surface area contributed by atoms with Gasteiger partial charge in [0.25, 0.3) is 0 Å². The lowest BCUT2D eigenvalue weighted by Crippen LogP contribution is -1.93. The van der Waals surface area contributed by atoms with Crippen molar-refractivity contribution in [2.24, 2.45) is 0 Å². The first-order chi connectivity index (χ1) is 9.06. The Balaban J connectivity index is 2.15. The van der Waals surface area contributed by atoms with E-state index in [0.717, 1.165) is 10.0 Å². The lowest BCUT2D eigenvalue weighted by atomic mass is 10.2. The van der Waals surface area contributed by atoms with E-state index in [1.165, 1.54) is 0 Å². The van der Waals surface area contributed by atoms with Crippen molar-refractivity contribution in [3.05, 3.63) is 31.4 Å². The van der Waals surface area contributed by atoms with Crippen LogP contribution in [-0.2, 0) is 0 Å². The minimum absolute atomic E-state index is 0.195. The molecule has 98 valence electrons. The molecule has 4 nitrogen and oxygen atoms in total. The van der Waals surface area contributed by atoms with Crippen LogP contribution in [0.25, 0.3) is 11.4 Å². The first-order valence-electron chi connectivity index (χ1n) is 5.04. The van der Waals surface area contributed by atoms with Gasteiger partial charge < -0.3 is 9.47 Å². The molecule has 2 heterocycles. The maximum atomic E-state index is 5.98. The Hall–Kier alpha value is -0.560. The molecular formula is C11H4Br2Cl2N2O2. The zero-order valence-electron chi connectivity index (χ0n) is 9.08. The van der Waals surface area contributed by atoms with Crippen LogP contribution in [0.5, 0.6) is 11.5 Å². The van der Waals surface area contributed by atoms with Crippen LogP contribution in [-0.4, -0.2) is 16.8 Å². The normalized spacial score (nSPS) is 12.8. The molecule has 3 rings (SSSR count). The summed E-state index contributed by atoms with van der Waals surface area (Å²) in [5, 5.41) is 0.507. The number of hydrogen-bond acceptors (Lipinski definition) is 4. The second-order valence-electron chi connectivity index (χ2n) is 3.63. The van der Waals surface area contributed by atoms with Gasteiger partial charge in [-0.3, -0.25) is 0 Å². The van der Waals surface area contributed by atoms with Gasteiger partial charge in [0.05, 0.1) is 8.95 Å². The number of halogens is 4. The molecule has 0 saturated carbocycles. The number of hydrogen-bond donors (Lipinski definition) is 0. The third kappa shape index (κ3) is 2.42. The van der Waals surface area contributed by atoms with Crippen molar-refractivity contribution >= 4 is 55.1 Å². The predicted octanol–water partition coefficient (Wildman–Crippen LogP) is 4.70. The van der Waals surface area contributed by atoms with Gasteiger partial charge in [0, 0.05) is 5.56 Å². The molecule has 0 bridgehead atoms. The summed E-state index contributed by atoms with van der Waals surface area (Å²) >= 11 is 18.6. The average molecular weight is 427 g/mol. The molecule has 0 spiro atoms. The van der Waals surface area contributed by atoms with Crippen molar-refractivity contribution in [3.8, 4) is 22.9 Å². The van der Waals surface area contributed by atoms with E-state index in [9.17, 15) is 0 Å². The van der Waals surface area contributed by atoms with Crippen LogP contribution in [0.4, 0.5) is 0 Å². The molecule has 0 unspecified atom stereocenters. The van der Waals surface area contributed by atoms with Gasteiger partial charge in [0.1, 0.15) is 10.3 Å². The number of ether oxygens (including phenoxy) is 2. The Labute approximate surface area is 135 Å². The molecule has 8 heteroatoms. The molecule has 1 aliphatic heterocycles. The second kappa shape index (κ2) is 5.09. The second-order valence-corrected chi connectivity index (χ2v) is 6.00. The van der Waals surface area contributed by atoms with E-state index in [4.69, 9.17) is 32.7 Å². The van der Waals surface area contributed by atoms with Crippen LogP contribution in [0.15, 0.2) is 21.1 Å². The topological polar surface area (TPSA) is 44.2 Å². The van der Waals surface area contributed by atoms with Gasteiger partial charge in [-0.05, 0) is 44.0 Å². The molecule has 0 N–H and O–H groups in total. The highest BCUT2D eigenvalue weighted by Gasteiger charge is 2.20. The van der Waals surface area contributed by atoms with Gasteiger partial charge in [0.2, 0.25) is 6.79 Å². The summed E-state index contributed by atoms with van der Waals surface area (Å²) in [6.07, 6.45) is 0. The lowest BCUT2D eigenvalue weighted by Gasteiger charge is -2.06. The molecule has 2 aromatic rings. The highest BCUT2D eigenvalue weighted by atomic mass is 79.9. The molecular weight excluding hydrogens is 423 g/mol. The standard InChI is InChI=1S/C11H4Br2Cl2N2O2/c12-5-1-4(2-6-8(5)19-3-18-6)11-16-9(14)7(13)10(15)17-11/h1-2H,3H2. The Morgan fingerprint density at radius 2 is 1.74 bits per heavy atom. The van der Waals surface area contributed by atoms with E-state index in [1.54, 1.807) is 6.07 Å². The molecule has 0 aliphatic carbocycles. The Kier molecular flexibility index (Phi) is 3.59. The van der Waals surface area contributed by atoms with Gasteiger partial charge in [-0.2, -0.15) is 0 Å². The fraction of sp³-hybridized carbons (Fsp3) is 0.0909. The zero-order valence-corrected chi connectivity index (χ0v) is 13.8. The van der Waals surface area contributed by atoms with E-state index in [2.05, 4.69) is 41.8 Å². The summed E-state index contributed by atoms with van der Waals surface area (Å²) in [5.41, 5.74) is 0.729. The van der Waals surface area contributed by atoms with Gasteiger partial charge in [-0.1, -0.05) is 23.2 Å². The van der Waals surface area contributed by atoms with Crippen molar-refractivity contribution in [1.29, 1.82) is 0 Å². The SMILES string of the molecule is Clc1nc(-c2cc(Br)c3c(c2)OCO3)nc(Cl)c1Br. The molecule has 19 heavy (non-hydrogen) atoms. The van der Waals surface area contributed by atoms with Gasteiger partial charge in [-0.25, -0.2) is 9.97 Å². The highest BCUT2D eigenvalue weighted by molar-refractivity contribution is 9.11. The largest absolute Gasteiger partial charge is 0.454 e. The maximum Gasteiger partial charge on any atom is 0.231 e. The van der Waals surface area contributed by atoms with Crippen molar-refractivity contribution in [2.75, 3.05) is 6.79 Å². The van der Waals surface area contributed by atoms with Crippen molar-refractivity contribution in [1.82, 2.24) is 9.97 Å². The first kappa shape index (κ1) is 13.4. The van der Waals surface area contributed by atoms with E-state index < -0.39 is 0 Å². The van der Waals surface area contributed by atoms with Gasteiger partial charge >= 0.3 is 0 Å². The van der Waals surface area contributed by atoms with E-state index in [-0.39, 0.29) is 17.1 Å². The van der Waals surface area contributed by atoms with E-state index in [1.807, 2.05) is 6.07 Å². The number of benzene rings is 1. The summed E-state index contributed by atoms with van der Waals surface area (Å²) in [4.78, 5) is 8.35. The van der Waals surface area contributed by atoms with Gasteiger partial charge in [0.15, 0.2) is 17.3 Å². The molecule has 0 atom stereocenters. The van der Waals surface area contributed by atoms with Crippen LogP contribution < -0.4 is 9.47 Å². The summed E-state index contributed by atoms with van der Waals surface area (Å²) < 4.78 is 11.9. The minimum Gasteiger partial charge on any atom is -0.454 e. The average Bonchev–Trinajstić information content (AvgIpc) is 2.84. The van der Waals surface area contributed by atoms with Crippen LogP contribution in [0.3, 0.4) is 0 Å². The molecule has 1 aliphatic rings. The number of aromatic nitrogens is 2. The van der Waals surface area contributed by atoms with Gasteiger partial charge in [-0.15, -0.1) is 0 Å². The van der Waals surface area contributed by atoms with E-state index in [0.29, 0.717) is 21.8 Å². The molecule has 0 amide bonds. The Morgan fingerprint density at radius 3 is 2.42 bits per heavy atom. The monoisotopic (exact) mass is 424 g/mol. The van der Waals surface area contributed by atoms with Crippen molar-refractivity contribution in [3.63, 3.8) is 0 Å². The fourth-order valence-electron chi connectivity index (χ4n) is 1.62. The quantitative estimate of drug-likeness (QED) is 0.620. The zero-order chi connectivity index (χ0) is 13.6. The summed E-state index contributed by atoms with van der Waals surface area (Å²) in [6.45, 7) is 0.195. The van der Waals surface area contributed by atoms with Crippen molar-refractivity contribution in [2.45, 2.75) is 0 Å². The maximum absolute atomic E-state index is 5.98. The minimum atomic E-state index is 0.195. The first-order valence-corrected chi connectivity index (χ1v) is 7.38. The number of rotatable bonds is 1. The third-order valence-corrected chi connectivity index (χ3v) is 4.80. The molecule has 1 aromatic heterocycles. The predicted molar refractivity (Wildman–Crippen MR) is 79.0 cm³/mol. The summed E-state index contributed by atoms with van der Waals surface area (Å²) in [5.74, 6) is 1.71. The van der Waals surface area contributed by atoms with Crippen LogP contribution in [0.2, 0.25) is 10.3 Å². The fourth-order valence-corrected chi connectivity index (χ4v) is 2.74. The Bertz CT molecular complexity index is 659. The number of nitrogens with zero attached hydrogens (tertiary/aromatic N) is 2. The molecule has 0 saturated heterocycles. The highest BCUT2D eigenvalue weighted by Crippen LogP contribution is 2.42. The van der Waals surface area contributed by atoms with Crippen LogP contribution in [0.1, 0.15) is 0 Å². The summed E-state index contributed by atoms with van der Waals surface area (Å²) in [7, 11) is 0. The number of fused-ring (bicyclic) bond motifs is 1. The van der Waals surface area contributed by atoms with Crippen LogP contribution in [0, 0.1) is 0 Å². The third-order valence-electron chi connectivity index (χ3n) is 2.46. The van der Waals surface area contributed by atoms with Crippen LogP contribution >= 0.6 is 55.1 Å².